The lowest BCUT2D eigenvalue weighted by molar-refractivity contribution is 0.330. The molecule has 29 heavy (non-hydrogen) atoms. The standard InChI is InChI=1S/C25H36F2N2/c1-3-4-5-6-7-10-13-21-18-28-25(29-19-21)23-16-15-22(24(27)17-23)14-11-8-9-12-20(2)26/h15-20H,3-14H2,1-2H3. The molecule has 0 fully saturated rings. The van der Waals surface area contributed by atoms with E-state index >= 15 is 0 Å². The predicted molar refractivity (Wildman–Crippen MR) is 117 cm³/mol. The average Bonchev–Trinajstić information content (AvgIpc) is 2.71. The summed E-state index contributed by atoms with van der Waals surface area (Å²) >= 11 is 0. The number of hydrogen-bond donors (Lipinski definition) is 0. The van der Waals surface area contributed by atoms with Crippen molar-refractivity contribution in [3.63, 3.8) is 0 Å². The van der Waals surface area contributed by atoms with Crippen LogP contribution in [0.5, 0.6) is 0 Å². The minimum absolute atomic E-state index is 0.207. The molecule has 0 radical (unpaired) electrons. The van der Waals surface area contributed by atoms with E-state index in [1.807, 2.05) is 24.5 Å². The van der Waals surface area contributed by atoms with Crippen LogP contribution in [0.1, 0.15) is 89.2 Å². The average molecular weight is 403 g/mol. The van der Waals surface area contributed by atoms with Gasteiger partial charge in [0.1, 0.15) is 5.82 Å². The second-order valence-electron chi connectivity index (χ2n) is 8.12. The van der Waals surface area contributed by atoms with Crippen molar-refractivity contribution in [2.24, 2.45) is 0 Å². The fourth-order valence-electron chi connectivity index (χ4n) is 3.55. The highest BCUT2D eigenvalue weighted by Crippen LogP contribution is 2.21. The van der Waals surface area contributed by atoms with Gasteiger partial charge >= 0.3 is 0 Å². The number of rotatable bonds is 14. The van der Waals surface area contributed by atoms with E-state index < -0.39 is 6.17 Å². The summed E-state index contributed by atoms with van der Waals surface area (Å²) < 4.78 is 27.2. The van der Waals surface area contributed by atoms with Crippen LogP contribution in [0.3, 0.4) is 0 Å². The Morgan fingerprint density at radius 3 is 2.21 bits per heavy atom. The zero-order valence-electron chi connectivity index (χ0n) is 18.1. The zero-order valence-corrected chi connectivity index (χ0v) is 18.1. The van der Waals surface area contributed by atoms with Gasteiger partial charge in [-0.05, 0) is 56.2 Å². The van der Waals surface area contributed by atoms with Gasteiger partial charge in [-0.1, -0.05) is 64.0 Å². The summed E-state index contributed by atoms with van der Waals surface area (Å²) in [5.74, 6) is 0.361. The molecule has 1 aromatic heterocycles. The van der Waals surface area contributed by atoms with E-state index in [0.717, 1.165) is 31.2 Å². The number of aryl methyl sites for hydroxylation is 2. The molecule has 1 atom stereocenters. The maximum absolute atomic E-state index is 14.4. The lowest BCUT2D eigenvalue weighted by atomic mass is 10.0. The van der Waals surface area contributed by atoms with E-state index in [9.17, 15) is 8.78 Å². The van der Waals surface area contributed by atoms with Crippen LogP contribution in [0, 0.1) is 5.82 Å². The molecular formula is C25H36F2N2. The third-order valence-electron chi connectivity index (χ3n) is 5.38. The van der Waals surface area contributed by atoms with Crippen molar-refractivity contribution in [2.45, 2.75) is 97.1 Å². The Hall–Kier alpha value is -1.84. The van der Waals surface area contributed by atoms with Crippen LogP contribution in [0.15, 0.2) is 30.6 Å². The fraction of sp³-hybridized carbons (Fsp3) is 0.600. The van der Waals surface area contributed by atoms with Gasteiger partial charge < -0.3 is 0 Å². The van der Waals surface area contributed by atoms with Crippen molar-refractivity contribution in [2.75, 3.05) is 0 Å². The van der Waals surface area contributed by atoms with Gasteiger partial charge in [-0.3, -0.25) is 0 Å². The first-order valence-corrected chi connectivity index (χ1v) is 11.3. The Morgan fingerprint density at radius 2 is 1.52 bits per heavy atom. The molecule has 0 amide bonds. The van der Waals surface area contributed by atoms with Crippen LogP contribution < -0.4 is 0 Å². The molecule has 0 saturated heterocycles. The van der Waals surface area contributed by atoms with Crippen molar-refractivity contribution >= 4 is 0 Å². The Labute approximate surface area is 175 Å². The minimum atomic E-state index is -0.747. The second kappa shape index (κ2) is 13.4. The number of unbranched alkanes of at least 4 members (excludes halogenated alkanes) is 7. The monoisotopic (exact) mass is 402 g/mol. The number of aromatic nitrogens is 2. The molecule has 0 spiro atoms. The molecule has 160 valence electrons. The van der Waals surface area contributed by atoms with E-state index in [2.05, 4.69) is 16.9 Å². The lowest BCUT2D eigenvalue weighted by Crippen LogP contribution is -1.97. The largest absolute Gasteiger partial charge is 0.248 e. The summed E-state index contributed by atoms with van der Waals surface area (Å²) in [6.07, 6.45) is 15.6. The molecule has 0 aliphatic heterocycles. The highest BCUT2D eigenvalue weighted by atomic mass is 19.1. The van der Waals surface area contributed by atoms with Gasteiger partial charge in [0.2, 0.25) is 0 Å². The Bertz CT molecular complexity index is 698. The number of alkyl halides is 1. The fourth-order valence-corrected chi connectivity index (χ4v) is 3.55. The normalized spacial score (nSPS) is 12.3. The van der Waals surface area contributed by atoms with E-state index in [1.165, 1.54) is 44.6 Å². The molecule has 2 rings (SSSR count). The first-order chi connectivity index (χ1) is 14.1. The SMILES string of the molecule is CCCCCCCCc1cnc(-c2ccc(CCCCCC(C)F)c(F)c2)nc1. The van der Waals surface area contributed by atoms with Crippen molar-refractivity contribution in [3.05, 3.63) is 47.5 Å². The predicted octanol–water partition coefficient (Wildman–Crippen LogP) is 7.65. The maximum Gasteiger partial charge on any atom is 0.159 e. The second-order valence-corrected chi connectivity index (χ2v) is 8.12. The summed E-state index contributed by atoms with van der Waals surface area (Å²) in [6, 6.07) is 5.25. The van der Waals surface area contributed by atoms with E-state index in [0.29, 0.717) is 29.8 Å². The third kappa shape index (κ3) is 9.01. The van der Waals surface area contributed by atoms with Crippen LogP contribution in [0.25, 0.3) is 11.4 Å². The van der Waals surface area contributed by atoms with Crippen LogP contribution in [-0.4, -0.2) is 16.1 Å². The first-order valence-electron chi connectivity index (χ1n) is 11.3. The van der Waals surface area contributed by atoms with Crippen molar-refractivity contribution in [3.8, 4) is 11.4 Å². The molecule has 1 heterocycles. The zero-order chi connectivity index (χ0) is 20.9. The minimum Gasteiger partial charge on any atom is -0.248 e. The van der Waals surface area contributed by atoms with Crippen molar-refractivity contribution in [1.82, 2.24) is 9.97 Å². The van der Waals surface area contributed by atoms with Gasteiger partial charge in [0, 0.05) is 18.0 Å². The highest BCUT2D eigenvalue weighted by Gasteiger charge is 2.08. The molecular weight excluding hydrogens is 366 g/mol. The smallest absolute Gasteiger partial charge is 0.159 e. The summed E-state index contributed by atoms with van der Waals surface area (Å²) in [7, 11) is 0. The molecule has 0 saturated carbocycles. The van der Waals surface area contributed by atoms with Crippen molar-refractivity contribution < 1.29 is 8.78 Å². The topological polar surface area (TPSA) is 25.8 Å². The number of nitrogens with zero attached hydrogens (tertiary/aromatic N) is 2. The van der Waals surface area contributed by atoms with Crippen LogP contribution >= 0.6 is 0 Å². The van der Waals surface area contributed by atoms with E-state index in [-0.39, 0.29) is 5.82 Å². The highest BCUT2D eigenvalue weighted by molar-refractivity contribution is 5.55. The molecule has 1 unspecified atom stereocenters. The van der Waals surface area contributed by atoms with E-state index in [4.69, 9.17) is 0 Å². The quantitative estimate of drug-likeness (QED) is 0.303. The molecule has 0 bridgehead atoms. The number of halogens is 2. The summed E-state index contributed by atoms with van der Waals surface area (Å²) in [5.41, 5.74) is 2.56. The van der Waals surface area contributed by atoms with Gasteiger partial charge in [-0.25, -0.2) is 18.7 Å². The number of hydrogen-bond acceptors (Lipinski definition) is 2. The van der Waals surface area contributed by atoms with Crippen LogP contribution in [0.2, 0.25) is 0 Å². The van der Waals surface area contributed by atoms with Crippen LogP contribution in [0.4, 0.5) is 8.78 Å². The summed E-state index contributed by atoms with van der Waals surface area (Å²) in [5, 5.41) is 0. The molecule has 1 aromatic carbocycles. The summed E-state index contributed by atoms with van der Waals surface area (Å²) in [6.45, 7) is 3.82. The van der Waals surface area contributed by atoms with Gasteiger partial charge in [0.15, 0.2) is 5.82 Å². The molecule has 2 nitrogen and oxygen atoms in total. The molecule has 4 heteroatoms. The third-order valence-corrected chi connectivity index (χ3v) is 5.38. The van der Waals surface area contributed by atoms with E-state index in [1.54, 1.807) is 6.92 Å². The molecule has 2 aromatic rings. The van der Waals surface area contributed by atoms with Crippen molar-refractivity contribution in [1.29, 1.82) is 0 Å². The molecule has 0 N–H and O–H groups in total. The first kappa shape index (κ1) is 23.4. The Balaban J connectivity index is 1.80. The van der Waals surface area contributed by atoms with Gasteiger partial charge in [0.05, 0.1) is 6.17 Å². The van der Waals surface area contributed by atoms with Crippen LogP contribution in [-0.2, 0) is 12.8 Å². The summed E-state index contributed by atoms with van der Waals surface area (Å²) in [4.78, 5) is 8.88. The Morgan fingerprint density at radius 1 is 0.862 bits per heavy atom. The Kier molecular flexibility index (Phi) is 10.8. The molecule has 0 aliphatic rings. The maximum atomic E-state index is 14.4. The van der Waals surface area contributed by atoms with Gasteiger partial charge in [-0.2, -0.15) is 0 Å². The lowest BCUT2D eigenvalue weighted by Gasteiger charge is -2.07. The van der Waals surface area contributed by atoms with Gasteiger partial charge in [0.25, 0.3) is 0 Å². The molecule has 0 aliphatic carbocycles. The van der Waals surface area contributed by atoms with Gasteiger partial charge in [-0.15, -0.1) is 0 Å². The number of benzene rings is 1.